The molecule has 0 N–H and O–H groups in total. The maximum Gasteiger partial charge on any atom is 0.310 e. The largest absolute Gasteiger partial charge is 0.361 e. The first-order chi connectivity index (χ1) is 14.8. The Morgan fingerprint density at radius 1 is 1.22 bits per heavy atom. The van der Waals surface area contributed by atoms with Crippen LogP contribution in [0.25, 0.3) is 0 Å². The number of ketones is 1. The maximum absolute atomic E-state index is 13.6. The van der Waals surface area contributed by atoms with Gasteiger partial charge in [-0.25, -0.2) is 13.1 Å². The highest BCUT2D eigenvalue weighted by Crippen LogP contribution is 2.43. The van der Waals surface area contributed by atoms with Crippen LogP contribution in [0.3, 0.4) is 0 Å². The molecule has 8 nitrogen and oxygen atoms in total. The van der Waals surface area contributed by atoms with E-state index in [4.69, 9.17) is 4.18 Å². The van der Waals surface area contributed by atoms with Crippen molar-refractivity contribution in [2.45, 2.75) is 71.2 Å². The predicted molar refractivity (Wildman–Crippen MR) is 122 cm³/mol. The van der Waals surface area contributed by atoms with Crippen molar-refractivity contribution in [3.63, 3.8) is 0 Å². The third kappa shape index (κ3) is 4.22. The van der Waals surface area contributed by atoms with Gasteiger partial charge in [-0.1, -0.05) is 20.8 Å². The molecule has 3 rings (SSSR count). The summed E-state index contributed by atoms with van der Waals surface area (Å²) >= 11 is 0. The number of carbonyl (C=O) groups excluding carboxylic acids is 1. The lowest BCUT2D eigenvalue weighted by atomic mass is 9.77. The van der Waals surface area contributed by atoms with Crippen molar-refractivity contribution in [1.82, 2.24) is 9.78 Å². The Labute approximate surface area is 190 Å². The molecule has 0 radical (unpaired) electrons. The maximum atomic E-state index is 13.6. The van der Waals surface area contributed by atoms with Crippen LogP contribution in [0.5, 0.6) is 5.88 Å². The standard InChI is InChI=1S/C22H30N2O6S2/c1-7-10-32(28,29)30-21-17(13-23-24(21)8-2)19(25)16-12-14(3)20-18(15(16)4)22(5,6)9-11-31(20,26)27/h12-13H,7-11H2,1-6H3. The van der Waals surface area contributed by atoms with Crippen molar-refractivity contribution in [2.75, 3.05) is 11.5 Å². The molecule has 0 bridgehead atoms. The molecule has 2 heterocycles. The van der Waals surface area contributed by atoms with Gasteiger partial charge in [0.2, 0.25) is 5.88 Å². The fourth-order valence-electron chi connectivity index (χ4n) is 4.36. The number of aromatic nitrogens is 2. The summed E-state index contributed by atoms with van der Waals surface area (Å²) in [6.45, 7) is 11.2. The van der Waals surface area contributed by atoms with Crippen LogP contribution in [-0.4, -0.2) is 43.9 Å². The van der Waals surface area contributed by atoms with E-state index >= 15 is 0 Å². The zero-order valence-electron chi connectivity index (χ0n) is 19.4. The van der Waals surface area contributed by atoms with Crippen LogP contribution < -0.4 is 4.18 Å². The SMILES string of the molecule is CCCS(=O)(=O)Oc1c(C(=O)c2cc(C)c3c(c2C)C(C)(C)CCS3(=O)=O)cnn1CC. The lowest BCUT2D eigenvalue weighted by molar-refractivity contribution is 0.103. The fourth-order valence-corrected chi connectivity index (χ4v) is 7.63. The first kappa shape index (κ1) is 24.4. The van der Waals surface area contributed by atoms with Crippen LogP contribution >= 0.6 is 0 Å². The van der Waals surface area contributed by atoms with Crippen molar-refractivity contribution >= 4 is 25.7 Å². The summed E-state index contributed by atoms with van der Waals surface area (Å²) in [5.41, 5.74) is 1.66. The molecule has 0 saturated heterocycles. The van der Waals surface area contributed by atoms with Crippen molar-refractivity contribution in [2.24, 2.45) is 0 Å². The quantitative estimate of drug-likeness (QED) is 0.439. The molecule has 176 valence electrons. The minimum atomic E-state index is -3.88. The molecular formula is C22H30N2O6S2. The van der Waals surface area contributed by atoms with Crippen molar-refractivity contribution in [3.8, 4) is 5.88 Å². The van der Waals surface area contributed by atoms with Crippen LogP contribution in [0.4, 0.5) is 0 Å². The van der Waals surface area contributed by atoms with Gasteiger partial charge >= 0.3 is 10.1 Å². The van der Waals surface area contributed by atoms with Crippen molar-refractivity contribution in [1.29, 1.82) is 0 Å². The smallest absolute Gasteiger partial charge is 0.310 e. The molecule has 32 heavy (non-hydrogen) atoms. The fraction of sp³-hybridized carbons (Fsp3) is 0.545. The summed E-state index contributed by atoms with van der Waals surface area (Å²) in [5, 5.41) is 4.13. The van der Waals surface area contributed by atoms with E-state index in [0.29, 0.717) is 46.5 Å². The molecule has 0 aliphatic carbocycles. The summed E-state index contributed by atoms with van der Waals surface area (Å²) in [7, 11) is -7.33. The van der Waals surface area contributed by atoms with Gasteiger partial charge in [0.1, 0.15) is 5.56 Å². The zero-order valence-corrected chi connectivity index (χ0v) is 21.0. The van der Waals surface area contributed by atoms with E-state index in [9.17, 15) is 21.6 Å². The number of rotatable bonds is 7. The van der Waals surface area contributed by atoms with Gasteiger partial charge in [0.25, 0.3) is 0 Å². The van der Waals surface area contributed by atoms with Gasteiger partial charge in [-0.05, 0) is 61.8 Å². The Hall–Kier alpha value is -2.20. The van der Waals surface area contributed by atoms with E-state index < -0.39 is 31.2 Å². The average Bonchev–Trinajstić information content (AvgIpc) is 3.07. The van der Waals surface area contributed by atoms with E-state index in [0.717, 1.165) is 0 Å². The van der Waals surface area contributed by atoms with Crippen LogP contribution in [0.15, 0.2) is 17.2 Å². The Morgan fingerprint density at radius 2 is 1.88 bits per heavy atom. The number of fused-ring (bicyclic) bond motifs is 1. The Morgan fingerprint density at radius 3 is 2.47 bits per heavy atom. The van der Waals surface area contributed by atoms with Crippen molar-refractivity contribution in [3.05, 3.63) is 40.1 Å². The molecule has 2 aromatic rings. The van der Waals surface area contributed by atoms with Crippen molar-refractivity contribution < 1.29 is 25.8 Å². The van der Waals surface area contributed by atoms with E-state index in [1.807, 2.05) is 13.8 Å². The lowest BCUT2D eigenvalue weighted by Gasteiger charge is -2.35. The molecule has 0 saturated carbocycles. The van der Waals surface area contributed by atoms with E-state index in [2.05, 4.69) is 5.10 Å². The molecule has 1 aliphatic rings. The highest BCUT2D eigenvalue weighted by Gasteiger charge is 2.39. The van der Waals surface area contributed by atoms with Gasteiger partial charge in [0.15, 0.2) is 15.6 Å². The number of nitrogens with zero attached hydrogens (tertiary/aromatic N) is 2. The molecule has 1 aromatic heterocycles. The second-order valence-electron chi connectivity index (χ2n) is 8.88. The second kappa shape index (κ2) is 8.30. The summed E-state index contributed by atoms with van der Waals surface area (Å²) in [6.07, 6.45) is 2.13. The van der Waals surface area contributed by atoms with Gasteiger partial charge in [-0.15, -0.1) is 0 Å². The number of carbonyl (C=O) groups is 1. The number of sulfone groups is 1. The average molecular weight is 483 g/mol. The highest BCUT2D eigenvalue weighted by molar-refractivity contribution is 7.91. The molecule has 0 atom stereocenters. The van der Waals surface area contributed by atoms with E-state index in [-0.39, 0.29) is 22.9 Å². The number of hydrogen-bond donors (Lipinski definition) is 0. The van der Waals surface area contributed by atoms with Crippen LogP contribution in [0.2, 0.25) is 0 Å². The van der Waals surface area contributed by atoms with Gasteiger partial charge in [0, 0.05) is 12.1 Å². The molecule has 0 unspecified atom stereocenters. The molecule has 0 amide bonds. The first-order valence-corrected chi connectivity index (χ1v) is 13.9. The number of aryl methyl sites for hydroxylation is 2. The molecular weight excluding hydrogens is 452 g/mol. The van der Waals surface area contributed by atoms with Crippen LogP contribution in [0.1, 0.15) is 73.1 Å². The minimum Gasteiger partial charge on any atom is -0.361 e. The highest BCUT2D eigenvalue weighted by atomic mass is 32.2. The van der Waals surface area contributed by atoms with Gasteiger partial charge in [-0.2, -0.15) is 13.5 Å². The Balaban J connectivity index is 2.21. The molecule has 0 spiro atoms. The summed E-state index contributed by atoms with van der Waals surface area (Å²) in [5.74, 6) is -0.684. The minimum absolute atomic E-state index is 0.0328. The second-order valence-corrected chi connectivity index (χ2v) is 12.6. The lowest BCUT2D eigenvalue weighted by Crippen LogP contribution is -2.33. The van der Waals surface area contributed by atoms with Gasteiger partial charge < -0.3 is 4.18 Å². The summed E-state index contributed by atoms with van der Waals surface area (Å²) < 4.78 is 56.9. The molecule has 10 heteroatoms. The molecule has 0 fully saturated rings. The topological polar surface area (TPSA) is 112 Å². The van der Waals surface area contributed by atoms with E-state index in [1.165, 1.54) is 10.9 Å². The number of hydrogen-bond acceptors (Lipinski definition) is 7. The Bertz CT molecular complexity index is 1290. The van der Waals surface area contributed by atoms with Gasteiger partial charge in [-0.3, -0.25) is 4.79 Å². The van der Waals surface area contributed by atoms with Gasteiger partial charge in [0.05, 0.1) is 22.6 Å². The third-order valence-electron chi connectivity index (χ3n) is 5.95. The molecule has 1 aromatic carbocycles. The summed E-state index contributed by atoms with van der Waals surface area (Å²) in [6, 6.07) is 1.57. The Kier molecular flexibility index (Phi) is 6.34. The zero-order chi connectivity index (χ0) is 24.1. The summed E-state index contributed by atoms with van der Waals surface area (Å²) in [4.78, 5) is 13.9. The van der Waals surface area contributed by atoms with Crippen LogP contribution in [-0.2, 0) is 31.9 Å². The normalized spacial score (nSPS) is 17.1. The molecule has 1 aliphatic heterocycles. The number of benzene rings is 1. The van der Waals surface area contributed by atoms with E-state index in [1.54, 1.807) is 33.8 Å². The van der Waals surface area contributed by atoms with Crippen LogP contribution in [0, 0.1) is 13.8 Å². The third-order valence-corrected chi connectivity index (χ3v) is 9.16. The predicted octanol–water partition coefficient (Wildman–Crippen LogP) is 3.32. The first-order valence-electron chi connectivity index (χ1n) is 10.7. The monoisotopic (exact) mass is 482 g/mol.